The van der Waals surface area contributed by atoms with E-state index in [0.29, 0.717) is 61.3 Å². The van der Waals surface area contributed by atoms with Crippen LogP contribution < -0.4 is 15.5 Å². The first-order chi connectivity index (χ1) is 23.3. The number of carbonyl (C=O) groups is 3. The molecule has 3 aliphatic carbocycles. The molecule has 12 nitrogen and oxygen atoms in total. The number of aliphatic hydroxyl groups is 1. The summed E-state index contributed by atoms with van der Waals surface area (Å²) in [6.45, 7) is 7.99. The van der Waals surface area contributed by atoms with Crippen LogP contribution in [0.5, 0.6) is 5.75 Å². The van der Waals surface area contributed by atoms with Gasteiger partial charge in [-0.15, -0.1) is 0 Å². The van der Waals surface area contributed by atoms with E-state index in [-0.39, 0.29) is 36.6 Å². The Morgan fingerprint density at radius 2 is 1.78 bits per heavy atom. The summed E-state index contributed by atoms with van der Waals surface area (Å²) < 4.78 is 5.67. The average Bonchev–Trinajstić information content (AvgIpc) is 3.88. The Kier molecular flexibility index (Phi) is 8.87. The number of hydrogen-bond donors (Lipinski definition) is 4. The van der Waals surface area contributed by atoms with Crippen LogP contribution >= 0.6 is 0 Å². The molecule has 1 aromatic heterocycles. The van der Waals surface area contributed by atoms with Gasteiger partial charge in [-0.25, -0.2) is 9.78 Å². The van der Waals surface area contributed by atoms with Crippen LogP contribution in [-0.4, -0.2) is 99.4 Å². The number of nitrogens with one attached hydrogen (secondary N) is 2. The van der Waals surface area contributed by atoms with Crippen molar-refractivity contribution < 1.29 is 29.3 Å². The molecule has 0 radical (unpaired) electrons. The van der Waals surface area contributed by atoms with Crippen LogP contribution in [0, 0.1) is 11.3 Å². The Hall–Kier alpha value is -4.06. The third-order valence-corrected chi connectivity index (χ3v) is 10.9. The van der Waals surface area contributed by atoms with Crippen molar-refractivity contribution in [2.75, 3.05) is 42.9 Å². The molecule has 0 bridgehead atoms. The summed E-state index contributed by atoms with van der Waals surface area (Å²) in [5.74, 6) is 1.55. The molecule has 7 rings (SSSR count). The second-order valence-corrected chi connectivity index (χ2v) is 15.9. The number of aromatic nitrogens is 1. The molecule has 1 aromatic carbocycles. The first kappa shape index (κ1) is 33.4. The molecule has 264 valence electrons. The lowest BCUT2D eigenvalue weighted by Gasteiger charge is -2.54. The number of anilines is 2. The van der Waals surface area contributed by atoms with Gasteiger partial charge in [0.05, 0.1) is 12.1 Å². The first-order valence-corrected chi connectivity index (χ1v) is 17.9. The monoisotopic (exact) mass is 674 g/mol. The van der Waals surface area contributed by atoms with Crippen LogP contribution in [0.1, 0.15) is 87.2 Å². The number of aromatic hydroxyl groups is 1. The molecular formula is C37H50N6O6. The van der Waals surface area contributed by atoms with Crippen molar-refractivity contribution in [2.24, 2.45) is 11.3 Å². The number of ether oxygens (including phenoxy) is 1. The highest BCUT2D eigenvalue weighted by atomic mass is 16.6. The molecule has 3 saturated carbocycles. The van der Waals surface area contributed by atoms with Gasteiger partial charge in [0, 0.05) is 56.8 Å². The van der Waals surface area contributed by atoms with Gasteiger partial charge in [0.2, 0.25) is 5.91 Å². The lowest BCUT2D eigenvalue weighted by molar-refractivity contribution is -0.132. The molecule has 0 unspecified atom stereocenters. The largest absolute Gasteiger partial charge is 0.508 e. The van der Waals surface area contributed by atoms with E-state index in [4.69, 9.17) is 9.72 Å². The van der Waals surface area contributed by atoms with Crippen LogP contribution in [0.25, 0.3) is 0 Å². The number of pyridine rings is 1. The first-order valence-electron chi connectivity index (χ1n) is 17.9. The maximum atomic E-state index is 13.7. The van der Waals surface area contributed by atoms with Gasteiger partial charge in [-0.05, 0) is 107 Å². The average molecular weight is 675 g/mol. The smallest absolute Gasteiger partial charge is 0.410 e. The molecule has 5 aliphatic rings. The zero-order chi connectivity index (χ0) is 34.5. The molecule has 2 aliphatic heterocycles. The maximum Gasteiger partial charge on any atom is 0.410 e. The Balaban J connectivity index is 1.05. The molecule has 3 amide bonds. The van der Waals surface area contributed by atoms with Gasteiger partial charge in [0.15, 0.2) is 0 Å². The summed E-state index contributed by atoms with van der Waals surface area (Å²) in [5, 5.41) is 28.0. The number of fused-ring (bicyclic) bond motifs is 1. The van der Waals surface area contributed by atoms with Crippen LogP contribution in [-0.2, 0) is 22.5 Å². The Labute approximate surface area is 288 Å². The quantitative estimate of drug-likeness (QED) is 0.326. The van der Waals surface area contributed by atoms with E-state index in [1.165, 1.54) is 24.2 Å². The van der Waals surface area contributed by atoms with E-state index in [1.807, 2.05) is 4.90 Å². The van der Waals surface area contributed by atoms with E-state index in [1.54, 1.807) is 51.1 Å². The van der Waals surface area contributed by atoms with E-state index in [0.717, 1.165) is 36.8 Å². The van der Waals surface area contributed by atoms with Crippen molar-refractivity contribution >= 4 is 29.5 Å². The summed E-state index contributed by atoms with van der Waals surface area (Å²) in [6.07, 6.45) is 6.80. The summed E-state index contributed by atoms with van der Waals surface area (Å²) in [7, 11) is 0. The number of piperazine rings is 1. The minimum absolute atomic E-state index is 0.0796. The summed E-state index contributed by atoms with van der Waals surface area (Å²) in [5.41, 5.74) is 1.89. The topological polar surface area (TPSA) is 148 Å². The number of nitrogens with zero attached hydrogens (tertiary/aromatic N) is 4. The van der Waals surface area contributed by atoms with E-state index >= 15 is 0 Å². The normalized spacial score (nSPS) is 22.4. The Bertz CT molecular complexity index is 1580. The fourth-order valence-electron chi connectivity index (χ4n) is 7.90. The predicted octanol–water partition coefficient (Wildman–Crippen LogP) is 4.04. The van der Waals surface area contributed by atoms with Gasteiger partial charge >= 0.3 is 6.09 Å². The van der Waals surface area contributed by atoms with Crippen molar-refractivity contribution in [3.63, 3.8) is 0 Å². The van der Waals surface area contributed by atoms with Gasteiger partial charge in [0.1, 0.15) is 23.0 Å². The van der Waals surface area contributed by atoms with Crippen molar-refractivity contribution in [3.8, 4) is 5.75 Å². The molecule has 3 heterocycles. The number of carbonyl (C=O) groups excluding carboxylic acids is 3. The number of phenols is 1. The van der Waals surface area contributed by atoms with Gasteiger partial charge in [-0.3, -0.25) is 14.5 Å². The standard InChI is InChI=1S/C37H50N6O6/c1-36(2,3)49-35(48)43-22-26-15-28(44)8-7-24(26)16-29(43)30(45)21-38-33(46)25-17-31(39-27-19-37(20-27)9-4-10-37)40-32(18-25)41-11-13-42(14-12-41)34(47)23-5-6-23/h7-8,15,17-18,23,27,29-30,44-45H,4-6,9-14,16,19-22H2,1-3H3,(H,38,46)(H,39,40)/t29-,30+/m0/s1. The lowest BCUT2D eigenvalue weighted by atomic mass is 9.54. The van der Waals surface area contributed by atoms with E-state index in [2.05, 4.69) is 15.5 Å². The molecular weight excluding hydrogens is 624 g/mol. The molecule has 49 heavy (non-hydrogen) atoms. The number of amides is 3. The van der Waals surface area contributed by atoms with E-state index < -0.39 is 23.8 Å². The van der Waals surface area contributed by atoms with Crippen molar-refractivity contribution in [1.29, 1.82) is 0 Å². The number of hydrogen-bond acceptors (Lipinski definition) is 9. The highest BCUT2D eigenvalue weighted by Crippen LogP contribution is 2.56. The van der Waals surface area contributed by atoms with Gasteiger partial charge in [0.25, 0.3) is 5.91 Å². The summed E-state index contributed by atoms with van der Waals surface area (Å²) in [4.78, 5) is 50.2. The molecule has 2 aromatic rings. The summed E-state index contributed by atoms with van der Waals surface area (Å²) >= 11 is 0. The zero-order valence-electron chi connectivity index (χ0n) is 28.9. The molecule has 1 spiro atoms. The Morgan fingerprint density at radius 3 is 2.43 bits per heavy atom. The highest BCUT2D eigenvalue weighted by molar-refractivity contribution is 5.95. The van der Waals surface area contributed by atoms with Crippen LogP contribution in [0.2, 0.25) is 0 Å². The third-order valence-electron chi connectivity index (χ3n) is 10.9. The van der Waals surface area contributed by atoms with E-state index in [9.17, 15) is 24.6 Å². The molecule has 12 heteroatoms. The maximum absolute atomic E-state index is 13.7. The predicted molar refractivity (Wildman–Crippen MR) is 184 cm³/mol. The van der Waals surface area contributed by atoms with Crippen LogP contribution in [0.3, 0.4) is 0 Å². The number of rotatable bonds is 8. The molecule has 1 saturated heterocycles. The van der Waals surface area contributed by atoms with Gasteiger partial charge < -0.3 is 35.4 Å². The molecule has 4 fully saturated rings. The van der Waals surface area contributed by atoms with Crippen molar-refractivity contribution in [3.05, 3.63) is 47.0 Å². The zero-order valence-corrected chi connectivity index (χ0v) is 28.9. The minimum Gasteiger partial charge on any atom is -0.508 e. The minimum atomic E-state index is -1.08. The fourth-order valence-corrected chi connectivity index (χ4v) is 7.90. The summed E-state index contributed by atoms with van der Waals surface area (Å²) in [6, 6.07) is 8.27. The fraction of sp³-hybridized carbons (Fsp3) is 0.622. The SMILES string of the molecule is CC(C)(C)OC(=O)N1Cc2cc(O)ccc2C[C@H]1[C@H](O)CNC(=O)c1cc(NC2CC3(CCC3)C2)nc(N2CCN(C(=O)C3CC3)CC2)c1. The highest BCUT2D eigenvalue weighted by Gasteiger charge is 2.48. The Morgan fingerprint density at radius 1 is 1.04 bits per heavy atom. The third kappa shape index (κ3) is 7.44. The van der Waals surface area contributed by atoms with Crippen LogP contribution in [0.15, 0.2) is 30.3 Å². The van der Waals surface area contributed by atoms with Gasteiger partial charge in [-0.2, -0.15) is 0 Å². The van der Waals surface area contributed by atoms with Crippen LogP contribution in [0.4, 0.5) is 16.4 Å². The number of phenolic OH excluding ortho intramolecular Hbond substituents is 1. The second-order valence-electron chi connectivity index (χ2n) is 15.9. The van der Waals surface area contributed by atoms with Crippen molar-refractivity contribution in [1.82, 2.24) is 20.1 Å². The molecule has 2 atom stereocenters. The second kappa shape index (κ2) is 13.0. The van der Waals surface area contributed by atoms with Crippen molar-refractivity contribution in [2.45, 2.75) is 102 Å². The number of benzene rings is 1. The molecule has 4 N–H and O–H groups in total. The van der Waals surface area contributed by atoms with Gasteiger partial charge in [-0.1, -0.05) is 12.5 Å². The lowest BCUT2D eigenvalue weighted by Crippen LogP contribution is -2.54. The number of aliphatic hydroxyl groups excluding tert-OH is 1.